The Bertz CT molecular complexity index is 1250. The fourth-order valence-electron chi connectivity index (χ4n) is 3.11. The normalized spacial score (nSPS) is 12.8. The van der Waals surface area contributed by atoms with E-state index in [1.807, 2.05) is 0 Å². The van der Waals surface area contributed by atoms with E-state index in [1.54, 1.807) is 37.3 Å². The lowest BCUT2D eigenvalue weighted by Gasteiger charge is -2.12. The Morgan fingerprint density at radius 2 is 1.89 bits per heavy atom. The van der Waals surface area contributed by atoms with Gasteiger partial charge in [0.2, 0.25) is 0 Å². The standard InChI is InChI=1S/C19H14N4O5/c1-2-28-19(27)12-6-4-9-3-5-10(7-13(9)21-12)23-14(24)8-11-15(16(23)20)18(26)22-17(11)25/h3-8H,2,20H2,1H3,(H,22,25,26). The van der Waals surface area contributed by atoms with Crippen molar-refractivity contribution in [3.63, 3.8) is 0 Å². The van der Waals surface area contributed by atoms with Crippen LogP contribution >= 0.6 is 0 Å². The van der Waals surface area contributed by atoms with Crippen molar-refractivity contribution in [3.05, 3.63) is 63.6 Å². The first-order valence-electron chi connectivity index (χ1n) is 8.40. The highest BCUT2D eigenvalue weighted by Crippen LogP contribution is 2.24. The summed E-state index contributed by atoms with van der Waals surface area (Å²) in [7, 11) is 0. The number of rotatable bonds is 3. The van der Waals surface area contributed by atoms with Crippen molar-refractivity contribution < 1.29 is 19.1 Å². The number of ether oxygens (including phenoxy) is 1. The number of aromatic nitrogens is 2. The summed E-state index contributed by atoms with van der Waals surface area (Å²) in [5.74, 6) is -2.02. The minimum absolute atomic E-state index is 0.0436. The van der Waals surface area contributed by atoms with Crippen LogP contribution in [0.15, 0.2) is 41.2 Å². The van der Waals surface area contributed by atoms with E-state index >= 15 is 0 Å². The number of nitrogens with two attached hydrogens (primary N) is 1. The zero-order valence-corrected chi connectivity index (χ0v) is 14.7. The molecule has 3 N–H and O–H groups in total. The molecule has 9 heteroatoms. The zero-order chi connectivity index (χ0) is 20.0. The molecule has 0 fully saturated rings. The molecule has 9 nitrogen and oxygen atoms in total. The number of imide groups is 1. The number of carbonyl (C=O) groups excluding carboxylic acids is 3. The lowest BCUT2D eigenvalue weighted by atomic mass is 10.1. The number of pyridine rings is 2. The average molecular weight is 378 g/mol. The van der Waals surface area contributed by atoms with Gasteiger partial charge in [-0.3, -0.25) is 24.3 Å². The van der Waals surface area contributed by atoms with Gasteiger partial charge < -0.3 is 10.5 Å². The third kappa shape index (κ3) is 2.60. The molecule has 0 saturated carbocycles. The lowest BCUT2D eigenvalue weighted by Crippen LogP contribution is -2.24. The Labute approximate surface area is 157 Å². The lowest BCUT2D eigenvalue weighted by molar-refractivity contribution is 0.0519. The maximum Gasteiger partial charge on any atom is 0.356 e. The number of fused-ring (bicyclic) bond motifs is 2. The number of amides is 2. The summed E-state index contributed by atoms with van der Waals surface area (Å²) >= 11 is 0. The Morgan fingerprint density at radius 1 is 1.14 bits per heavy atom. The van der Waals surface area contributed by atoms with Crippen molar-refractivity contribution in [1.29, 1.82) is 0 Å². The molecule has 2 aromatic heterocycles. The van der Waals surface area contributed by atoms with Gasteiger partial charge in [-0.05, 0) is 25.1 Å². The van der Waals surface area contributed by atoms with Crippen LogP contribution in [0.4, 0.5) is 5.82 Å². The molecular weight excluding hydrogens is 364 g/mol. The fourth-order valence-corrected chi connectivity index (χ4v) is 3.11. The van der Waals surface area contributed by atoms with Crippen molar-refractivity contribution in [2.24, 2.45) is 0 Å². The predicted molar refractivity (Wildman–Crippen MR) is 99.5 cm³/mol. The number of anilines is 1. The third-order valence-electron chi connectivity index (χ3n) is 4.37. The number of nitrogens with zero attached hydrogens (tertiary/aromatic N) is 2. The highest BCUT2D eigenvalue weighted by Gasteiger charge is 2.31. The Kier molecular flexibility index (Phi) is 3.92. The molecule has 3 heterocycles. The van der Waals surface area contributed by atoms with Crippen LogP contribution in [0.2, 0.25) is 0 Å². The van der Waals surface area contributed by atoms with Crippen molar-refractivity contribution >= 4 is 34.5 Å². The molecule has 0 bridgehead atoms. The van der Waals surface area contributed by atoms with Gasteiger partial charge in [0.1, 0.15) is 11.5 Å². The van der Waals surface area contributed by atoms with E-state index in [2.05, 4.69) is 10.3 Å². The van der Waals surface area contributed by atoms with Crippen molar-refractivity contribution in [2.75, 3.05) is 12.3 Å². The average Bonchev–Trinajstić information content (AvgIpc) is 2.95. The summed E-state index contributed by atoms with van der Waals surface area (Å²) < 4.78 is 6.07. The number of nitrogen functional groups attached to an aromatic ring is 1. The second kappa shape index (κ2) is 6.31. The molecule has 1 aliphatic rings. The topological polar surface area (TPSA) is 133 Å². The van der Waals surface area contributed by atoms with Gasteiger partial charge in [-0.15, -0.1) is 0 Å². The van der Waals surface area contributed by atoms with Gasteiger partial charge in [-0.25, -0.2) is 9.78 Å². The molecule has 2 amide bonds. The van der Waals surface area contributed by atoms with Gasteiger partial charge in [0.05, 0.1) is 28.9 Å². The number of nitrogens with one attached hydrogen (secondary N) is 1. The van der Waals surface area contributed by atoms with E-state index in [0.29, 0.717) is 11.2 Å². The summed E-state index contributed by atoms with van der Waals surface area (Å²) in [6.45, 7) is 1.92. The smallest absolute Gasteiger partial charge is 0.356 e. The number of hydrogen-bond donors (Lipinski definition) is 2. The number of esters is 1. The van der Waals surface area contributed by atoms with E-state index in [1.165, 1.54) is 0 Å². The maximum atomic E-state index is 12.5. The minimum atomic E-state index is -0.658. The molecule has 0 radical (unpaired) electrons. The molecular formula is C19H14N4O5. The van der Waals surface area contributed by atoms with Crippen LogP contribution in [0.25, 0.3) is 16.6 Å². The van der Waals surface area contributed by atoms with Crippen molar-refractivity contribution in [3.8, 4) is 5.69 Å². The van der Waals surface area contributed by atoms with Crippen LogP contribution in [0, 0.1) is 0 Å². The summed E-state index contributed by atoms with van der Waals surface area (Å²) in [4.78, 5) is 52.5. The molecule has 0 saturated heterocycles. The Hall–Kier alpha value is -4.01. The van der Waals surface area contributed by atoms with E-state index in [-0.39, 0.29) is 29.2 Å². The van der Waals surface area contributed by atoms with Crippen LogP contribution in [0.5, 0.6) is 0 Å². The maximum absolute atomic E-state index is 12.5. The molecule has 0 aliphatic carbocycles. The van der Waals surface area contributed by atoms with Crippen LogP contribution in [0.1, 0.15) is 38.1 Å². The minimum Gasteiger partial charge on any atom is -0.461 e. The molecule has 0 atom stereocenters. The highest BCUT2D eigenvalue weighted by atomic mass is 16.5. The molecule has 0 spiro atoms. The monoisotopic (exact) mass is 378 g/mol. The molecule has 140 valence electrons. The van der Waals surface area contributed by atoms with Gasteiger partial charge in [0, 0.05) is 11.5 Å². The van der Waals surface area contributed by atoms with Crippen molar-refractivity contribution in [2.45, 2.75) is 6.92 Å². The Balaban J connectivity index is 1.89. The summed E-state index contributed by atoms with van der Waals surface area (Å²) in [5, 5.41) is 2.85. The van der Waals surface area contributed by atoms with Crippen LogP contribution in [-0.2, 0) is 4.74 Å². The zero-order valence-electron chi connectivity index (χ0n) is 14.7. The van der Waals surface area contributed by atoms with Gasteiger partial charge in [-0.1, -0.05) is 12.1 Å². The first-order valence-corrected chi connectivity index (χ1v) is 8.40. The first kappa shape index (κ1) is 17.4. The van der Waals surface area contributed by atoms with E-state index in [9.17, 15) is 19.2 Å². The van der Waals surface area contributed by atoms with Gasteiger partial charge >= 0.3 is 5.97 Å². The van der Waals surface area contributed by atoms with Crippen molar-refractivity contribution in [1.82, 2.24) is 14.9 Å². The molecule has 0 unspecified atom stereocenters. The third-order valence-corrected chi connectivity index (χ3v) is 4.37. The quantitative estimate of drug-likeness (QED) is 0.513. The van der Waals surface area contributed by atoms with E-state index < -0.39 is 23.3 Å². The first-order chi connectivity index (χ1) is 13.4. The molecule has 1 aliphatic heterocycles. The highest BCUT2D eigenvalue weighted by molar-refractivity contribution is 6.23. The fraction of sp³-hybridized carbons (Fsp3) is 0.105. The van der Waals surface area contributed by atoms with Crippen LogP contribution in [-0.4, -0.2) is 33.9 Å². The Morgan fingerprint density at radius 3 is 2.64 bits per heavy atom. The summed E-state index contributed by atoms with van der Waals surface area (Å²) in [5.41, 5.74) is 6.29. The van der Waals surface area contributed by atoms with E-state index in [4.69, 9.17) is 10.5 Å². The predicted octanol–water partition coefficient (Wildman–Crippen LogP) is 1.03. The summed E-state index contributed by atoms with van der Waals surface area (Å²) in [6, 6.07) is 9.23. The second-order valence-electron chi connectivity index (χ2n) is 6.07. The van der Waals surface area contributed by atoms with Crippen LogP contribution in [0.3, 0.4) is 0 Å². The molecule has 3 aromatic rings. The summed E-state index contributed by atoms with van der Waals surface area (Å²) in [6.07, 6.45) is 0. The molecule has 1 aromatic carbocycles. The largest absolute Gasteiger partial charge is 0.461 e. The number of carbonyl (C=O) groups is 3. The van der Waals surface area contributed by atoms with Crippen LogP contribution < -0.4 is 16.6 Å². The molecule has 28 heavy (non-hydrogen) atoms. The number of benzene rings is 1. The number of hydrogen-bond acceptors (Lipinski definition) is 7. The SMILES string of the molecule is CCOC(=O)c1ccc2ccc(-n3c(N)c4c(cc3=O)C(=O)NC4=O)cc2n1. The van der Waals surface area contributed by atoms with E-state index in [0.717, 1.165) is 16.0 Å². The van der Waals surface area contributed by atoms with Gasteiger partial charge in [0.15, 0.2) is 0 Å². The molecule has 4 rings (SSSR count). The second-order valence-corrected chi connectivity index (χ2v) is 6.07. The van der Waals surface area contributed by atoms with Gasteiger partial charge in [-0.2, -0.15) is 0 Å². The van der Waals surface area contributed by atoms with Gasteiger partial charge in [0.25, 0.3) is 17.4 Å².